The highest BCUT2D eigenvalue weighted by atomic mass is 16.4. The van der Waals surface area contributed by atoms with E-state index in [0.29, 0.717) is 12.4 Å². The van der Waals surface area contributed by atoms with Crippen molar-refractivity contribution in [3.63, 3.8) is 0 Å². The van der Waals surface area contributed by atoms with E-state index >= 15 is 0 Å². The molecule has 90 valence electrons. The third kappa shape index (κ3) is 4.44. The maximum absolute atomic E-state index is 11.4. The second-order valence-corrected chi connectivity index (χ2v) is 3.85. The van der Waals surface area contributed by atoms with Crippen molar-refractivity contribution in [3.8, 4) is 0 Å². The molecule has 1 rings (SSSR count). The van der Waals surface area contributed by atoms with Gasteiger partial charge in [-0.05, 0) is 20.3 Å². The Morgan fingerprint density at radius 3 is 2.94 bits per heavy atom. The van der Waals surface area contributed by atoms with Crippen molar-refractivity contribution in [3.05, 3.63) is 17.8 Å². The number of hydrogen-bond donors (Lipinski definition) is 2. The van der Waals surface area contributed by atoms with Gasteiger partial charge in [-0.3, -0.25) is 10.1 Å². The molecule has 5 heteroatoms. The number of carbonyl (C=O) groups is 1. The summed E-state index contributed by atoms with van der Waals surface area (Å²) >= 11 is 0. The second kappa shape index (κ2) is 6.27. The molecule has 1 aromatic heterocycles. The van der Waals surface area contributed by atoms with Gasteiger partial charge >= 0.3 is 0 Å². The molecule has 0 spiro atoms. The molecule has 0 fully saturated rings. The molecular weight excluding hydrogens is 206 g/mol. The zero-order valence-electron chi connectivity index (χ0n) is 10.0. The summed E-state index contributed by atoms with van der Waals surface area (Å²) in [6.45, 7) is 6.61. The summed E-state index contributed by atoms with van der Waals surface area (Å²) < 4.78 is 5.26. The number of nitrogens with zero attached hydrogens (tertiary/aromatic N) is 1. The summed E-state index contributed by atoms with van der Waals surface area (Å²) in [7, 11) is 0. The normalized spacial score (nSPS) is 12.4. The van der Waals surface area contributed by atoms with E-state index in [-0.39, 0.29) is 18.5 Å². The van der Waals surface area contributed by atoms with Crippen LogP contribution in [0.1, 0.15) is 31.9 Å². The van der Waals surface area contributed by atoms with Gasteiger partial charge in [-0.1, -0.05) is 6.92 Å². The molecule has 1 aromatic rings. The molecule has 0 saturated heterocycles. The number of nitrogens with one attached hydrogen (secondary N) is 2. The average molecular weight is 225 g/mol. The minimum Gasteiger partial charge on any atom is -0.445 e. The first-order valence-electron chi connectivity index (χ1n) is 5.53. The van der Waals surface area contributed by atoms with Crippen LogP contribution >= 0.6 is 0 Å². The molecule has 0 saturated carbocycles. The van der Waals surface area contributed by atoms with Crippen LogP contribution in [-0.4, -0.2) is 23.5 Å². The number of aryl methyl sites for hydroxylation is 1. The average Bonchev–Trinajstić information content (AvgIpc) is 2.64. The number of aromatic nitrogens is 1. The molecule has 1 heterocycles. The molecule has 0 aliphatic heterocycles. The van der Waals surface area contributed by atoms with E-state index in [1.807, 2.05) is 20.8 Å². The Bertz CT molecular complexity index is 336. The van der Waals surface area contributed by atoms with Crippen LogP contribution < -0.4 is 10.6 Å². The standard InChI is InChI=1S/C11H19N3O2/c1-4-8(2)14-10(15)6-12-7-11-13-5-9(3)16-11/h5,8,12H,4,6-7H2,1-3H3,(H,14,15). The Kier molecular flexibility index (Phi) is 4.98. The van der Waals surface area contributed by atoms with Crippen molar-refractivity contribution in [2.45, 2.75) is 39.8 Å². The molecule has 0 aliphatic rings. The van der Waals surface area contributed by atoms with Gasteiger partial charge in [-0.25, -0.2) is 4.98 Å². The summed E-state index contributed by atoms with van der Waals surface area (Å²) in [5, 5.41) is 5.84. The first kappa shape index (κ1) is 12.7. The van der Waals surface area contributed by atoms with Crippen molar-refractivity contribution in [1.29, 1.82) is 0 Å². The van der Waals surface area contributed by atoms with Gasteiger partial charge in [-0.15, -0.1) is 0 Å². The lowest BCUT2D eigenvalue weighted by molar-refractivity contribution is -0.120. The van der Waals surface area contributed by atoms with Gasteiger partial charge in [0.1, 0.15) is 5.76 Å². The molecule has 0 aromatic carbocycles. The predicted octanol–water partition coefficient (Wildman–Crippen LogP) is 0.987. The molecule has 0 bridgehead atoms. The van der Waals surface area contributed by atoms with Gasteiger partial charge in [0.05, 0.1) is 19.3 Å². The Morgan fingerprint density at radius 1 is 1.62 bits per heavy atom. The van der Waals surface area contributed by atoms with Crippen molar-refractivity contribution in [2.75, 3.05) is 6.54 Å². The van der Waals surface area contributed by atoms with Crippen LogP contribution in [0.3, 0.4) is 0 Å². The number of oxazole rings is 1. The lowest BCUT2D eigenvalue weighted by Gasteiger charge is -2.11. The van der Waals surface area contributed by atoms with Crippen LogP contribution in [0.4, 0.5) is 0 Å². The summed E-state index contributed by atoms with van der Waals surface area (Å²) in [5.74, 6) is 1.38. The number of carbonyl (C=O) groups excluding carboxylic acids is 1. The van der Waals surface area contributed by atoms with E-state index in [0.717, 1.165) is 12.2 Å². The lowest BCUT2D eigenvalue weighted by Crippen LogP contribution is -2.38. The molecule has 1 atom stereocenters. The molecule has 0 radical (unpaired) electrons. The predicted molar refractivity (Wildman–Crippen MR) is 60.8 cm³/mol. The Labute approximate surface area is 95.6 Å². The first-order chi connectivity index (χ1) is 7.61. The zero-order valence-corrected chi connectivity index (χ0v) is 10.0. The number of rotatable bonds is 6. The molecule has 1 unspecified atom stereocenters. The van der Waals surface area contributed by atoms with Crippen LogP contribution in [0, 0.1) is 6.92 Å². The van der Waals surface area contributed by atoms with Crippen LogP contribution in [-0.2, 0) is 11.3 Å². The van der Waals surface area contributed by atoms with E-state index in [2.05, 4.69) is 15.6 Å². The third-order valence-corrected chi connectivity index (χ3v) is 2.25. The summed E-state index contributed by atoms with van der Waals surface area (Å²) in [4.78, 5) is 15.4. The monoisotopic (exact) mass is 225 g/mol. The maximum Gasteiger partial charge on any atom is 0.234 e. The fraction of sp³-hybridized carbons (Fsp3) is 0.636. The topological polar surface area (TPSA) is 67.2 Å². The maximum atomic E-state index is 11.4. The van der Waals surface area contributed by atoms with E-state index < -0.39 is 0 Å². The summed E-state index contributed by atoms with van der Waals surface area (Å²) in [5.41, 5.74) is 0. The molecule has 5 nitrogen and oxygen atoms in total. The first-order valence-corrected chi connectivity index (χ1v) is 5.53. The molecule has 2 N–H and O–H groups in total. The fourth-order valence-electron chi connectivity index (χ4n) is 1.19. The Morgan fingerprint density at radius 2 is 2.38 bits per heavy atom. The number of hydrogen-bond acceptors (Lipinski definition) is 4. The van der Waals surface area contributed by atoms with Crippen LogP contribution in [0.15, 0.2) is 10.6 Å². The van der Waals surface area contributed by atoms with Gasteiger partial charge in [0.15, 0.2) is 0 Å². The molecule has 16 heavy (non-hydrogen) atoms. The minimum absolute atomic E-state index is 0.00220. The molecule has 0 aliphatic carbocycles. The van der Waals surface area contributed by atoms with E-state index in [4.69, 9.17) is 4.42 Å². The summed E-state index contributed by atoms with van der Waals surface area (Å²) in [6.07, 6.45) is 2.60. The smallest absolute Gasteiger partial charge is 0.234 e. The quantitative estimate of drug-likeness (QED) is 0.757. The highest BCUT2D eigenvalue weighted by Gasteiger charge is 2.05. The fourth-order valence-corrected chi connectivity index (χ4v) is 1.19. The summed E-state index contributed by atoms with van der Waals surface area (Å²) in [6, 6.07) is 0.221. The molecular formula is C11H19N3O2. The minimum atomic E-state index is -0.00220. The van der Waals surface area contributed by atoms with Gasteiger partial charge in [0, 0.05) is 6.04 Å². The van der Waals surface area contributed by atoms with Crippen molar-refractivity contribution < 1.29 is 9.21 Å². The van der Waals surface area contributed by atoms with Crippen LogP contribution in [0.25, 0.3) is 0 Å². The van der Waals surface area contributed by atoms with Crippen molar-refractivity contribution in [2.24, 2.45) is 0 Å². The van der Waals surface area contributed by atoms with Gasteiger partial charge in [0.2, 0.25) is 11.8 Å². The van der Waals surface area contributed by atoms with Gasteiger partial charge < -0.3 is 9.73 Å². The number of amides is 1. The Hall–Kier alpha value is -1.36. The van der Waals surface area contributed by atoms with E-state index in [9.17, 15) is 4.79 Å². The largest absolute Gasteiger partial charge is 0.445 e. The third-order valence-electron chi connectivity index (χ3n) is 2.25. The van der Waals surface area contributed by atoms with E-state index in [1.165, 1.54) is 0 Å². The van der Waals surface area contributed by atoms with Crippen LogP contribution in [0.2, 0.25) is 0 Å². The van der Waals surface area contributed by atoms with Crippen molar-refractivity contribution >= 4 is 5.91 Å². The molecule has 1 amide bonds. The Balaban J connectivity index is 2.18. The van der Waals surface area contributed by atoms with E-state index in [1.54, 1.807) is 6.20 Å². The second-order valence-electron chi connectivity index (χ2n) is 3.85. The van der Waals surface area contributed by atoms with Crippen LogP contribution in [0.5, 0.6) is 0 Å². The zero-order chi connectivity index (χ0) is 12.0. The van der Waals surface area contributed by atoms with Crippen molar-refractivity contribution in [1.82, 2.24) is 15.6 Å². The highest BCUT2D eigenvalue weighted by Crippen LogP contribution is 2.00. The van der Waals surface area contributed by atoms with Gasteiger partial charge in [-0.2, -0.15) is 0 Å². The van der Waals surface area contributed by atoms with Gasteiger partial charge in [0.25, 0.3) is 0 Å². The highest BCUT2D eigenvalue weighted by molar-refractivity contribution is 5.78. The lowest BCUT2D eigenvalue weighted by atomic mass is 10.2. The SMILES string of the molecule is CCC(C)NC(=O)CNCc1ncc(C)o1.